The van der Waals surface area contributed by atoms with Crippen molar-refractivity contribution in [1.82, 2.24) is 9.80 Å². The Morgan fingerprint density at radius 1 is 1.26 bits per heavy atom. The first-order valence-corrected chi connectivity index (χ1v) is 7.68. The Balaban J connectivity index is 1.81. The molecule has 1 saturated heterocycles. The monoisotopic (exact) mass is 312 g/mol. The summed E-state index contributed by atoms with van der Waals surface area (Å²) in [6, 6.07) is 5.16. The first-order chi connectivity index (χ1) is 11.1. The summed E-state index contributed by atoms with van der Waals surface area (Å²) in [5, 5.41) is 0. The van der Waals surface area contributed by atoms with Crippen LogP contribution in [-0.2, 0) is 4.79 Å². The van der Waals surface area contributed by atoms with E-state index in [1.165, 1.54) is 0 Å². The number of benzene rings is 1. The molecule has 0 radical (unpaired) electrons. The van der Waals surface area contributed by atoms with Crippen LogP contribution < -0.4 is 9.64 Å². The Hall–Kier alpha value is -2.52. The van der Waals surface area contributed by atoms with Crippen LogP contribution in [0.4, 0.5) is 11.4 Å². The normalized spacial score (nSPS) is 17.9. The molecule has 0 unspecified atom stereocenters. The number of piperazine rings is 1. The number of likely N-dealkylation sites (N-methyl/N-ethyl adjacent to an activating group) is 1. The number of carbonyl (C=O) groups is 1. The van der Waals surface area contributed by atoms with E-state index in [1.54, 1.807) is 23.1 Å². The molecule has 0 bridgehead atoms. The summed E-state index contributed by atoms with van der Waals surface area (Å²) in [7, 11) is 2.08. The fraction of sp³-hybridized carbons (Fsp3) is 0.412. The molecule has 2 aliphatic heterocycles. The largest absolute Gasteiger partial charge is 0.490 e. The van der Waals surface area contributed by atoms with E-state index in [0.29, 0.717) is 36.0 Å². The van der Waals surface area contributed by atoms with Crippen LogP contribution in [-0.4, -0.2) is 62.1 Å². The molecule has 1 aromatic carbocycles. The van der Waals surface area contributed by atoms with Gasteiger partial charge in [-0.1, -0.05) is 12.6 Å². The third-order valence-corrected chi connectivity index (χ3v) is 4.31. The zero-order chi connectivity index (χ0) is 16.4. The highest BCUT2D eigenvalue weighted by Gasteiger charge is 2.28. The van der Waals surface area contributed by atoms with Crippen molar-refractivity contribution in [2.45, 2.75) is 0 Å². The highest BCUT2D eigenvalue weighted by atomic mass is 16.5. The van der Waals surface area contributed by atoms with E-state index in [0.717, 1.165) is 26.2 Å². The van der Waals surface area contributed by atoms with Crippen molar-refractivity contribution in [3.8, 4) is 5.75 Å². The molecule has 0 saturated carbocycles. The van der Waals surface area contributed by atoms with Crippen LogP contribution in [0.2, 0.25) is 0 Å². The summed E-state index contributed by atoms with van der Waals surface area (Å²) < 4.78 is 5.60. The van der Waals surface area contributed by atoms with Crippen LogP contribution in [0.5, 0.6) is 5.75 Å². The first-order valence-electron chi connectivity index (χ1n) is 7.68. The average Bonchev–Trinajstić information content (AvgIpc) is 2.60. The van der Waals surface area contributed by atoms with Gasteiger partial charge in [0.05, 0.1) is 24.5 Å². The topological polar surface area (TPSA) is 40.4 Å². The number of hydrogen-bond donors (Lipinski definition) is 0. The molecule has 23 heavy (non-hydrogen) atoms. The van der Waals surface area contributed by atoms with Crippen molar-refractivity contribution in [3.63, 3.8) is 0 Å². The van der Waals surface area contributed by atoms with Crippen LogP contribution >= 0.6 is 0 Å². The minimum absolute atomic E-state index is 0.110. The number of anilines is 1. The van der Waals surface area contributed by atoms with Gasteiger partial charge in [0.2, 0.25) is 0 Å². The molecule has 6 heteroatoms. The summed E-state index contributed by atoms with van der Waals surface area (Å²) in [5.41, 5.74) is 1.67. The van der Waals surface area contributed by atoms with Gasteiger partial charge < -0.3 is 19.4 Å². The molecule has 2 aliphatic rings. The van der Waals surface area contributed by atoms with Gasteiger partial charge in [0.25, 0.3) is 5.91 Å². The lowest BCUT2D eigenvalue weighted by Gasteiger charge is -2.37. The van der Waals surface area contributed by atoms with Crippen molar-refractivity contribution >= 4 is 17.3 Å². The van der Waals surface area contributed by atoms with Gasteiger partial charge in [0, 0.05) is 26.2 Å². The van der Waals surface area contributed by atoms with E-state index in [4.69, 9.17) is 11.3 Å². The first kappa shape index (κ1) is 15.4. The molecule has 0 atom stereocenters. The molecule has 6 nitrogen and oxygen atoms in total. The fourth-order valence-electron chi connectivity index (χ4n) is 2.85. The number of ether oxygens (including phenoxy) is 1. The molecule has 2 heterocycles. The zero-order valence-electron chi connectivity index (χ0n) is 13.3. The van der Waals surface area contributed by atoms with E-state index in [1.807, 2.05) is 4.90 Å². The third kappa shape index (κ3) is 3.01. The number of rotatable bonds is 2. The fourth-order valence-corrected chi connectivity index (χ4v) is 2.85. The zero-order valence-corrected chi connectivity index (χ0v) is 13.3. The van der Waals surface area contributed by atoms with E-state index in [2.05, 4.69) is 23.4 Å². The van der Waals surface area contributed by atoms with Gasteiger partial charge in [-0.15, -0.1) is 0 Å². The molecule has 1 fully saturated rings. The van der Waals surface area contributed by atoms with Crippen LogP contribution in [0, 0.1) is 6.57 Å². The van der Waals surface area contributed by atoms with Crippen molar-refractivity contribution in [2.24, 2.45) is 0 Å². The van der Waals surface area contributed by atoms with Gasteiger partial charge in [0.15, 0.2) is 5.69 Å². The van der Waals surface area contributed by atoms with Gasteiger partial charge >= 0.3 is 0 Å². The standard InChI is InChI=1S/C17H20N4O2/c1-13(20-8-6-19(3)7-9-20)17(22)21-10-11-23-16-5-4-14(18-2)12-15(16)21/h4-5,12H,1,6-11H2,3H3. The van der Waals surface area contributed by atoms with Crippen molar-refractivity contribution in [2.75, 3.05) is 51.3 Å². The van der Waals surface area contributed by atoms with Crippen molar-refractivity contribution in [1.29, 1.82) is 0 Å². The number of nitrogens with zero attached hydrogens (tertiary/aromatic N) is 4. The molecule has 3 rings (SSSR count). The van der Waals surface area contributed by atoms with Crippen molar-refractivity contribution < 1.29 is 9.53 Å². The van der Waals surface area contributed by atoms with Crippen LogP contribution in [0.1, 0.15) is 0 Å². The lowest BCUT2D eigenvalue weighted by Crippen LogP contribution is -2.48. The van der Waals surface area contributed by atoms with Gasteiger partial charge in [-0.2, -0.15) is 0 Å². The van der Waals surface area contributed by atoms with E-state index in [-0.39, 0.29) is 5.91 Å². The van der Waals surface area contributed by atoms with Crippen LogP contribution in [0.3, 0.4) is 0 Å². The SMILES string of the molecule is [C-]#[N+]c1ccc2c(c1)N(C(=O)C(=C)N1CCN(C)CC1)CCO2. The minimum Gasteiger partial charge on any atom is -0.490 e. The lowest BCUT2D eigenvalue weighted by atomic mass is 10.2. The Bertz CT molecular complexity index is 672. The molecule has 0 aliphatic carbocycles. The van der Waals surface area contributed by atoms with E-state index in [9.17, 15) is 4.79 Å². The molecule has 120 valence electrons. The molecule has 1 amide bonds. The minimum atomic E-state index is -0.110. The second-order valence-corrected chi connectivity index (χ2v) is 5.81. The summed E-state index contributed by atoms with van der Waals surface area (Å²) in [6.07, 6.45) is 0. The van der Waals surface area contributed by atoms with Gasteiger partial charge in [-0.05, 0) is 19.2 Å². The molecular weight excluding hydrogens is 292 g/mol. The third-order valence-electron chi connectivity index (χ3n) is 4.31. The summed E-state index contributed by atoms with van der Waals surface area (Å²) in [4.78, 5) is 22.3. The highest BCUT2D eigenvalue weighted by molar-refractivity contribution is 6.06. The number of carbonyl (C=O) groups excluding carboxylic acids is 1. The molecular formula is C17H20N4O2. The predicted molar refractivity (Wildman–Crippen MR) is 88.8 cm³/mol. The highest BCUT2D eigenvalue weighted by Crippen LogP contribution is 2.35. The average molecular weight is 312 g/mol. The van der Waals surface area contributed by atoms with Crippen LogP contribution in [0.15, 0.2) is 30.5 Å². The van der Waals surface area contributed by atoms with E-state index >= 15 is 0 Å². The summed E-state index contributed by atoms with van der Waals surface area (Å²) in [5.74, 6) is 0.532. The van der Waals surface area contributed by atoms with Gasteiger partial charge in [-0.3, -0.25) is 4.79 Å². The molecule has 0 aromatic heterocycles. The Morgan fingerprint density at radius 3 is 2.70 bits per heavy atom. The molecule has 0 N–H and O–H groups in total. The predicted octanol–water partition coefficient (Wildman–Crippen LogP) is 1.72. The second kappa shape index (κ2) is 6.31. The Morgan fingerprint density at radius 2 is 2.00 bits per heavy atom. The van der Waals surface area contributed by atoms with Gasteiger partial charge in [0.1, 0.15) is 12.4 Å². The second-order valence-electron chi connectivity index (χ2n) is 5.81. The Kier molecular flexibility index (Phi) is 4.22. The Labute approximate surface area is 136 Å². The maximum atomic E-state index is 12.9. The van der Waals surface area contributed by atoms with E-state index < -0.39 is 0 Å². The van der Waals surface area contributed by atoms with Crippen molar-refractivity contribution in [3.05, 3.63) is 41.9 Å². The number of fused-ring (bicyclic) bond motifs is 1. The van der Waals surface area contributed by atoms with Crippen LogP contribution in [0.25, 0.3) is 4.85 Å². The summed E-state index contributed by atoms with van der Waals surface area (Å²) >= 11 is 0. The van der Waals surface area contributed by atoms with Gasteiger partial charge in [-0.25, -0.2) is 4.85 Å². The number of hydrogen-bond acceptors (Lipinski definition) is 4. The maximum absolute atomic E-state index is 12.9. The summed E-state index contributed by atoms with van der Waals surface area (Å²) in [6.45, 7) is 15.5. The number of amides is 1. The molecule has 0 spiro atoms. The molecule has 1 aromatic rings. The quantitative estimate of drug-likeness (QED) is 0.616. The lowest BCUT2D eigenvalue weighted by molar-refractivity contribution is -0.117. The maximum Gasteiger partial charge on any atom is 0.274 e. The smallest absolute Gasteiger partial charge is 0.274 e.